The molecule has 2 rings (SSSR count). The minimum atomic E-state index is -2.79. The lowest BCUT2D eigenvalue weighted by Crippen LogP contribution is -2.68. The quantitative estimate of drug-likeness (QED) is 0.662. The second-order valence-electron chi connectivity index (χ2n) is 9.35. The van der Waals surface area contributed by atoms with E-state index in [2.05, 4.69) is 45.0 Å². The van der Waals surface area contributed by atoms with Crippen LogP contribution >= 0.6 is 0 Å². The standard InChI is InChI=1S/C25H36O3Si/c1-18(2)23(26)19(3)24(27)20(4)28-29(25(5,6)7,21-14-10-8-11-15-21)22-16-12-9-13-17-22/h8-20,23,26H,1-7H3/t19-,20+,23-/m1/s1. The first kappa shape index (κ1) is 23.5. The molecule has 1 N–H and O–H groups in total. The maximum absolute atomic E-state index is 13.2. The Kier molecular flexibility index (Phi) is 7.60. The van der Waals surface area contributed by atoms with Gasteiger partial charge in [0.2, 0.25) is 0 Å². The number of carbonyl (C=O) groups excluding carboxylic acids is 1. The van der Waals surface area contributed by atoms with Crippen LogP contribution in [-0.2, 0) is 9.22 Å². The lowest BCUT2D eigenvalue weighted by atomic mass is 9.90. The van der Waals surface area contributed by atoms with Crippen LogP contribution in [0.2, 0.25) is 5.04 Å². The molecule has 0 unspecified atom stereocenters. The zero-order valence-corrected chi connectivity index (χ0v) is 19.8. The average molecular weight is 413 g/mol. The lowest BCUT2D eigenvalue weighted by molar-refractivity contribution is -0.133. The summed E-state index contributed by atoms with van der Waals surface area (Å²) in [5, 5.41) is 12.5. The predicted octanol–water partition coefficient (Wildman–Crippen LogP) is 4.17. The number of aliphatic hydroxyl groups is 1. The van der Waals surface area contributed by atoms with Crippen LogP contribution in [-0.4, -0.2) is 31.4 Å². The van der Waals surface area contributed by atoms with E-state index in [1.54, 1.807) is 6.92 Å². The van der Waals surface area contributed by atoms with E-state index in [1.807, 2.05) is 57.2 Å². The summed E-state index contributed by atoms with van der Waals surface area (Å²) in [5.74, 6) is -0.489. The highest BCUT2D eigenvalue weighted by atomic mass is 28.4. The Morgan fingerprint density at radius 1 is 0.862 bits per heavy atom. The number of Topliss-reactive ketones (excluding diaryl/α,β-unsaturated/α-hetero) is 1. The molecule has 0 amide bonds. The van der Waals surface area contributed by atoms with Gasteiger partial charge in [-0.15, -0.1) is 0 Å². The number of hydrogen-bond acceptors (Lipinski definition) is 3. The summed E-state index contributed by atoms with van der Waals surface area (Å²) in [6, 6.07) is 20.6. The van der Waals surface area contributed by atoms with Gasteiger partial charge in [0.05, 0.1) is 6.10 Å². The van der Waals surface area contributed by atoms with Crippen LogP contribution in [0.1, 0.15) is 48.5 Å². The van der Waals surface area contributed by atoms with Crippen molar-refractivity contribution in [2.45, 2.75) is 65.7 Å². The smallest absolute Gasteiger partial charge is 0.262 e. The maximum atomic E-state index is 13.2. The molecule has 29 heavy (non-hydrogen) atoms. The number of aliphatic hydroxyl groups excluding tert-OH is 1. The van der Waals surface area contributed by atoms with Crippen molar-refractivity contribution in [3.63, 3.8) is 0 Å². The number of rotatable bonds is 8. The molecular formula is C25H36O3Si. The first-order chi connectivity index (χ1) is 13.5. The molecule has 2 aromatic carbocycles. The van der Waals surface area contributed by atoms with Crippen LogP contribution in [0.4, 0.5) is 0 Å². The lowest BCUT2D eigenvalue weighted by Gasteiger charge is -2.44. The molecule has 0 aromatic heterocycles. The van der Waals surface area contributed by atoms with Crippen molar-refractivity contribution < 1.29 is 14.3 Å². The van der Waals surface area contributed by atoms with Crippen molar-refractivity contribution in [1.82, 2.24) is 0 Å². The summed E-state index contributed by atoms with van der Waals surface area (Å²) < 4.78 is 6.87. The fraction of sp³-hybridized carbons (Fsp3) is 0.480. The van der Waals surface area contributed by atoms with Gasteiger partial charge in [-0.1, -0.05) is 102 Å². The second-order valence-corrected chi connectivity index (χ2v) is 13.6. The molecule has 0 aliphatic rings. The van der Waals surface area contributed by atoms with Gasteiger partial charge in [0.25, 0.3) is 8.32 Å². The summed E-state index contributed by atoms with van der Waals surface area (Å²) in [6.07, 6.45) is -1.28. The molecule has 2 aromatic rings. The van der Waals surface area contributed by atoms with Gasteiger partial charge in [-0.2, -0.15) is 0 Å². The molecule has 0 fully saturated rings. The topological polar surface area (TPSA) is 46.5 Å². The summed E-state index contributed by atoms with van der Waals surface area (Å²) in [4.78, 5) is 13.2. The number of carbonyl (C=O) groups is 1. The monoisotopic (exact) mass is 412 g/mol. The zero-order chi connectivity index (χ0) is 21.8. The van der Waals surface area contributed by atoms with Gasteiger partial charge in [-0.05, 0) is 28.3 Å². The Bertz CT molecular complexity index is 741. The van der Waals surface area contributed by atoms with Gasteiger partial charge in [0, 0.05) is 5.92 Å². The third-order valence-corrected chi connectivity index (χ3v) is 10.9. The van der Waals surface area contributed by atoms with Crippen molar-refractivity contribution >= 4 is 24.5 Å². The van der Waals surface area contributed by atoms with Crippen molar-refractivity contribution in [3.05, 3.63) is 60.7 Å². The fourth-order valence-electron chi connectivity index (χ4n) is 4.13. The van der Waals surface area contributed by atoms with E-state index in [4.69, 9.17) is 4.43 Å². The van der Waals surface area contributed by atoms with Crippen LogP contribution in [0.25, 0.3) is 0 Å². The highest BCUT2D eigenvalue weighted by Crippen LogP contribution is 2.37. The Balaban J connectivity index is 2.55. The SMILES string of the molecule is CC(C)[C@@H](O)[C@@H](C)C(=O)[C@H](C)O[Si](c1ccccc1)(c1ccccc1)C(C)(C)C. The molecule has 0 saturated carbocycles. The van der Waals surface area contributed by atoms with E-state index in [0.29, 0.717) is 0 Å². The third kappa shape index (κ3) is 4.88. The van der Waals surface area contributed by atoms with E-state index in [1.165, 1.54) is 0 Å². The Morgan fingerprint density at radius 3 is 1.62 bits per heavy atom. The molecule has 0 bridgehead atoms. The van der Waals surface area contributed by atoms with Crippen LogP contribution in [0.5, 0.6) is 0 Å². The van der Waals surface area contributed by atoms with Crippen molar-refractivity contribution in [3.8, 4) is 0 Å². The maximum Gasteiger partial charge on any atom is 0.262 e. The van der Waals surface area contributed by atoms with Gasteiger partial charge in [-0.3, -0.25) is 4.79 Å². The Labute approximate surface area is 177 Å². The van der Waals surface area contributed by atoms with Gasteiger partial charge in [-0.25, -0.2) is 0 Å². The minimum Gasteiger partial charge on any atom is -0.398 e. The van der Waals surface area contributed by atoms with E-state index in [9.17, 15) is 9.90 Å². The van der Waals surface area contributed by atoms with E-state index in [-0.39, 0.29) is 16.7 Å². The molecule has 3 nitrogen and oxygen atoms in total. The number of hydrogen-bond donors (Lipinski definition) is 1. The van der Waals surface area contributed by atoms with Gasteiger partial charge in [0.1, 0.15) is 6.10 Å². The molecule has 0 aliphatic carbocycles. The number of benzene rings is 2. The predicted molar refractivity (Wildman–Crippen MR) is 123 cm³/mol. The normalized spacial score (nSPS) is 15.8. The summed E-state index contributed by atoms with van der Waals surface area (Å²) in [7, 11) is -2.79. The van der Waals surface area contributed by atoms with Crippen molar-refractivity contribution in [2.24, 2.45) is 11.8 Å². The summed E-state index contributed by atoms with van der Waals surface area (Å²) >= 11 is 0. The Morgan fingerprint density at radius 2 is 1.28 bits per heavy atom. The largest absolute Gasteiger partial charge is 0.398 e. The van der Waals surface area contributed by atoms with E-state index in [0.717, 1.165) is 10.4 Å². The molecule has 0 aliphatic heterocycles. The van der Waals surface area contributed by atoms with Crippen LogP contribution < -0.4 is 10.4 Å². The third-order valence-electron chi connectivity index (χ3n) is 5.82. The second kappa shape index (κ2) is 9.37. The van der Waals surface area contributed by atoms with Crippen LogP contribution in [0, 0.1) is 11.8 Å². The first-order valence-electron chi connectivity index (χ1n) is 10.5. The highest BCUT2D eigenvalue weighted by Gasteiger charge is 2.52. The van der Waals surface area contributed by atoms with Crippen LogP contribution in [0.3, 0.4) is 0 Å². The van der Waals surface area contributed by atoms with E-state index < -0.39 is 26.4 Å². The molecule has 4 heteroatoms. The fourth-order valence-corrected chi connectivity index (χ4v) is 8.79. The van der Waals surface area contributed by atoms with Crippen molar-refractivity contribution in [1.29, 1.82) is 0 Å². The molecule has 158 valence electrons. The van der Waals surface area contributed by atoms with Gasteiger partial charge < -0.3 is 9.53 Å². The van der Waals surface area contributed by atoms with E-state index >= 15 is 0 Å². The zero-order valence-electron chi connectivity index (χ0n) is 18.8. The minimum absolute atomic E-state index is 0.0222. The molecule has 3 atom stereocenters. The summed E-state index contributed by atoms with van der Waals surface area (Å²) in [6.45, 7) is 14.1. The molecule has 0 saturated heterocycles. The molecular weight excluding hydrogens is 376 g/mol. The summed E-state index contributed by atoms with van der Waals surface area (Å²) in [5.41, 5.74) is 0. The van der Waals surface area contributed by atoms with Crippen LogP contribution in [0.15, 0.2) is 60.7 Å². The Hall–Kier alpha value is -1.75. The molecule has 0 heterocycles. The first-order valence-corrected chi connectivity index (χ1v) is 12.4. The average Bonchev–Trinajstić information content (AvgIpc) is 2.70. The molecule has 0 spiro atoms. The van der Waals surface area contributed by atoms with Gasteiger partial charge >= 0.3 is 0 Å². The number of ketones is 1. The highest BCUT2D eigenvalue weighted by molar-refractivity contribution is 6.99. The molecule has 0 radical (unpaired) electrons. The van der Waals surface area contributed by atoms with Gasteiger partial charge in [0.15, 0.2) is 5.78 Å². The van der Waals surface area contributed by atoms with Crippen molar-refractivity contribution in [2.75, 3.05) is 0 Å².